The fourth-order valence-corrected chi connectivity index (χ4v) is 3.72. The monoisotopic (exact) mass is 310 g/mol. The van der Waals surface area contributed by atoms with Crippen molar-refractivity contribution in [3.05, 3.63) is 64.5 Å². The maximum absolute atomic E-state index is 12.4. The van der Waals surface area contributed by atoms with Crippen molar-refractivity contribution in [3.8, 4) is 0 Å². The molecule has 5 nitrogen and oxygen atoms in total. The number of rotatable bonds is 2. The van der Waals surface area contributed by atoms with Gasteiger partial charge in [0.25, 0.3) is 5.56 Å². The third kappa shape index (κ3) is 2.63. The molecule has 0 N–H and O–H groups in total. The molecule has 0 spiro atoms. The molecule has 2 aromatic heterocycles. The second kappa shape index (κ2) is 5.57. The molecule has 0 saturated carbocycles. The average Bonchev–Trinajstić information content (AvgIpc) is 3.07. The van der Waals surface area contributed by atoms with Crippen LogP contribution >= 0.6 is 0 Å². The van der Waals surface area contributed by atoms with Crippen LogP contribution in [0.3, 0.4) is 0 Å². The summed E-state index contributed by atoms with van der Waals surface area (Å²) >= 11 is 0. The molecule has 5 heteroatoms. The van der Waals surface area contributed by atoms with Crippen LogP contribution in [0.4, 0.5) is 0 Å². The SMILES string of the molecule is O=C(/C=C/c1ccco1)N1C[C@H]2C[C@H](C1)c1cccc(=O)n1C2. The maximum atomic E-state index is 12.4. The minimum absolute atomic E-state index is 0.00262. The number of carbonyl (C=O) groups is 1. The van der Waals surface area contributed by atoms with E-state index in [9.17, 15) is 9.59 Å². The summed E-state index contributed by atoms with van der Waals surface area (Å²) in [5, 5.41) is 0. The van der Waals surface area contributed by atoms with E-state index in [0.717, 1.165) is 12.1 Å². The van der Waals surface area contributed by atoms with Crippen LogP contribution < -0.4 is 5.56 Å². The third-order valence-corrected chi connectivity index (χ3v) is 4.72. The number of hydrogen-bond donors (Lipinski definition) is 0. The molecule has 0 aliphatic carbocycles. The Morgan fingerprint density at radius 1 is 1.17 bits per heavy atom. The highest BCUT2D eigenvalue weighted by molar-refractivity contribution is 5.91. The average molecular weight is 310 g/mol. The van der Waals surface area contributed by atoms with Gasteiger partial charge in [-0.15, -0.1) is 0 Å². The van der Waals surface area contributed by atoms with Crippen LogP contribution in [0.2, 0.25) is 0 Å². The fraction of sp³-hybridized carbons (Fsp3) is 0.333. The number of amides is 1. The van der Waals surface area contributed by atoms with E-state index in [1.54, 1.807) is 30.5 Å². The number of fused-ring (bicyclic) bond motifs is 4. The summed E-state index contributed by atoms with van der Waals surface area (Å²) in [5.41, 5.74) is 1.12. The minimum atomic E-state index is 0.00262. The first-order valence-electron chi connectivity index (χ1n) is 7.91. The lowest BCUT2D eigenvalue weighted by atomic mass is 9.83. The first kappa shape index (κ1) is 14.1. The Morgan fingerprint density at radius 2 is 2.09 bits per heavy atom. The highest BCUT2D eigenvalue weighted by Gasteiger charge is 2.35. The highest BCUT2D eigenvalue weighted by Crippen LogP contribution is 2.34. The Balaban J connectivity index is 1.54. The molecular weight excluding hydrogens is 292 g/mol. The van der Waals surface area contributed by atoms with Crippen molar-refractivity contribution in [2.24, 2.45) is 5.92 Å². The van der Waals surface area contributed by atoms with Gasteiger partial charge in [0.1, 0.15) is 5.76 Å². The molecule has 2 bridgehead atoms. The van der Waals surface area contributed by atoms with E-state index in [-0.39, 0.29) is 17.4 Å². The number of likely N-dealkylation sites (tertiary alicyclic amines) is 1. The number of pyridine rings is 1. The second-order valence-electron chi connectivity index (χ2n) is 6.29. The van der Waals surface area contributed by atoms with E-state index in [1.165, 1.54) is 0 Å². The van der Waals surface area contributed by atoms with Crippen molar-refractivity contribution in [1.29, 1.82) is 0 Å². The summed E-state index contributed by atoms with van der Waals surface area (Å²) in [6, 6.07) is 9.04. The molecule has 1 amide bonds. The Hall–Kier alpha value is -2.56. The number of furan rings is 1. The second-order valence-corrected chi connectivity index (χ2v) is 6.29. The Morgan fingerprint density at radius 3 is 2.91 bits per heavy atom. The van der Waals surface area contributed by atoms with Crippen molar-refractivity contribution in [2.75, 3.05) is 13.1 Å². The molecule has 1 saturated heterocycles. The molecule has 4 heterocycles. The predicted octanol–water partition coefficient (Wildman–Crippen LogP) is 2.10. The van der Waals surface area contributed by atoms with E-state index in [4.69, 9.17) is 4.42 Å². The van der Waals surface area contributed by atoms with Gasteiger partial charge in [-0.05, 0) is 36.6 Å². The smallest absolute Gasteiger partial charge is 0.250 e. The van der Waals surface area contributed by atoms with Crippen LogP contribution in [0.5, 0.6) is 0 Å². The van der Waals surface area contributed by atoms with Crippen LogP contribution in [-0.4, -0.2) is 28.5 Å². The summed E-state index contributed by atoms with van der Waals surface area (Å²) in [7, 11) is 0. The molecule has 4 rings (SSSR count). The summed E-state index contributed by atoms with van der Waals surface area (Å²) < 4.78 is 7.08. The van der Waals surface area contributed by atoms with Gasteiger partial charge < -0.3 is 13.9 Å². The van der Waals surface area contributed by atoms with E-state index in [0.29, 0.717) is 31.3 Å². The Kier molecular flexibility index (Phi) is 3.41. The normalized spacial score (nSPS) is 23.0. The Bertz CT molecular complexity index is 804. The molecule has 0 aromatic carbocycles. The van der Waals surface area contributed by atoms with Crippen LogP contribution in [0, 0.1) is 5.92 Å². The van der Waals surface area contributed by atoms with Gasteiger partial charge in [-0.25, -0.2) is 0 Å². The lowest BCUT2D eigenvalue weighted by Gasteiger charge is -2.42. The summed E-state index contributed by atoms with van der Waals surface area (Å²) in [6.07, 6.45) is 5.91. The quantitative estimate of drug-likeness (QED) is 0.798. The van der Waals surface area contributed by atoms with Gasteiger partial charge in [-0.1, -0.05) is 6.07 Å². The highest BCUT2D eigenvalue weighted by atomic mass is 16.3. The third-order valence-electron chi connectivity index (χ3n) is 4.72. The molecule has 2 aliphatic heterocycles. The first-order valence-corrected chi connectivity index (χ1v) is 7.91. The van der Waals surface area contributed by atoms with E-state index in [2.05, 4.69) is 0 Å². The summed E-state index contributed by atoms with van der Waals surface area (Å²) in [4.78, 5) is 26.3. The van der Waals surface area contributed by atoms with Gasteiger partial charge in [0, 0.05) is 43.4 Å². The van der Waals surface area contributed by atoms with Gasteiger partial charge >= 0.3 is 0 Å². The summed E-state index contributed by atoms with van der Waals surface area (Å²) in [6.45, 7) is 2.08. The lowest BCUT2D eigenvalue weighted by Crippen LogP contribution is -2.48. The predicted molar refractivity (Wildman–Crippen MR) is 85.9 cm³/mol. The lowest BCUT2D eigenvalue weighted by molar-refractivity contribution is -0.128. The van der Waals surface area contributed by atoms with Gasteiger partial charge in [0.15, 0.2) is 0 Å². The van der Waals surface area contributed by atoms with Crippen molar-refractivity contribution in [3.63, 3.8) is 0 Å². The molecule has 1 fully saturated rings. The van der Waals surface area contributed by atoms with Crippen molar-refractivity contribution >= 4 is 12.0 Å². The van der Waals surface area contributed by atoms with Gasteiger partial charge in [-0.3, -0.25) is 9.59 Å². The zero-order valence-electron chi connectivity index (χ0n) is 12.7. The van der Waals surface area contributed by atoms with Crippen LogP contribution in [0.25, 0.3) is 6.08 Å². The molecule has 2 aromatic rings. The number of piperidine rings is 1. The van der Waals surface area contributed by atoms with Crippen LogP contribution in [0.1, 0.15) is 23.8 Å². The number of hydrogen-bond acceptors (Lipinski definition) is 3. The number of aromatic nitrogens is 1. The minimum Gasteiger partial charge on any atom is -0.465 e. The molecule has 0 unspecified atom stereocenters. The largest absolute Gasteiger partial charge is 0.465 e. The number of carbonyl (C=O) groups excluding carboxylic acids is 1. The van der Waals surface area contributed by atoms with Crippen molar-refractivity contribution in [1.82, 2.24) is 9.47 Å². The number of nitrogens with zero attached hydrogens (tertiary/aromatic N) is 2. The van der Waals surface area contributed by atoms with Gasteiger partial charge in [0.05, 0.1) is 6.26 Å². The summed E-state index contributed by atoms with van der Waals surface area (Å²) in [5.74, 6) is 1.27. The molecule has 2 aliphatic rings. The molecule has 118 valence electrons. The van der Waals surface area contributed by atoms with Crippen molar-refractivity contribution < 1.29 is 9.21 Å². The molecular formula is C18H18N2O3. The van der Waals surface area contributed by atoms with E-state index >= 15 is 0 Å². The maximum Gasteiger partial charge on any atom is 0.250 e. The zero-order valence-corrected chi connectivity index (χ0v) is 12.7. The zero-order chi connectivity index (χ0) is 15.8. The van der Waals surface area contributed by atoms with Gasteiger partial charge in [-0.2, -0.15) is 0 Å². The fourth-order valence-electron chi connectivity index (χ4n) is 3.72. The molecule has 23 heavy (non-hydrogen) atoms. The molecule has 2 atom stereocenters. The Labute approximate surface area is 133 Å². The molecule has 0 radical (unpaired) electrons. The van der Waals surface area contributed by atoms with Crippen LogP contribution in [0.15, 0.2) is 51.9 Å². The van der Waals surface area contributed by atoms with Gasteiger partial charge in [0.2, 0.25) is 5.91 Å². The topological polar surface area (TPSA) is 55.5 Å². The van der Waals surface area contributed by atoms with Crippen LogP contribution in [-0.2, 0) is 11.3 Å². The van der Waals surface area contributed by atoms with E-state index < -0.39 is 0 Å². The van der Waals surface area contributed by atoms with E-state index in [1.807, 2.05) is 27.7 Å². The first-order chi connectivity index (χ1) is 11.2. The standard InChI is InChI=1S/C18H18N2O3/c21-17(7-6-15-3-2-8-23-15)19-10-13-9-14(12-19)16-4-1-5-18(22)20(16)11-13/h1-8,13-14H,9-12H2/b7-6+/t13-,14-/m1/s1. The van der Waals surface area contributed by atoms with Crippen molar-refractivity contribution in [2.45, 2.75) is 18.9 Å².